The van der Waals surface area contributed by atoms with Gasteiger partial charge >= 0.3 is 0 Å². The lowest BCUT2D eigenvalue weighted by Crippen LogP contribution is -2.19. The van der Waals surface area contributed by atoms with Gasteiger partial charge in [0.05, 0.1) is 5.69 Å². The SMILES string of the molecule is Cc1cc(C)c(NC2CCCC(C)CC2)c(Br)c1. The van der Waals surface area contributed by atoms with Crippen LogP contribution in [0, 0.1) is 19.8 Å². The van der Waals surface area contributed by atoms with E-state index in [0.717, 1.165) is 5.92 Å². The highest BCUT2D eigenvalue weighted by molar-refractivity contribution is 9.10. The molecule has 1 saturated carbocycles. The van der Waals surface area contributed by atoms with Crippen molar-refractivity contribution in [3.8, 4) is 0 Å². The topological polar surface area (TPSA) is 12.0 Å². The van der Waals surface area contributed by atoms with E-state index in [0.29, 0.717) is 6.04 Å². The maximum atomic E-state index is 3.76. The summed E-state index contributed by atoms with van der Waals surface area (Å²) in [5.41, 5.74) is 3.96. The van der Waals surface area contributed by atoms with Gasteiger partial charge < -0.3 is 5.32 Å². The van der Waals surface area contributed by atoms with Crippen molar-refractivity contribution in [2.75, 3.05) is 5.32 Å². The Labute approximate surface area is 119 Å². The summed E-state index contributed by atoms with van der Waals surface area (Å²) in [6.45, 7) is 6.73. The standard InChI is InChI=1S/C16H24BrN/c1-11-5-4-6-14(8-7-11)18-16-13(3)9-12(2)10-15(16)17/h9-11,14,18H,4-8H2,1-3H3. The van der Waals surface area contributed by atoms with Crippen LogP contribution in [0.5, 0.6) is 0 Å². The summed E-state index contributed by atoms with van der Waals surface area (Å²) in [5.74, 6) is 0.902. The minimum absolute atomic E-state index is 0.646. The first-order chi connectivity index (χ1) is 8.56. The van der Waals surface area contributed by atoms with Crippen molar-refractivity contribution in [2.24, 2.45) is 5.92 Å². The van der Waals surface area contributed by atoms with Crippen LogP contribution in [0.4, 0.5) is 5.69 Å². The molecule has 0 saturated heterocycles. The van der Waals surface area contributed by atoms with Gasteiger partial charge in [-0.1, -0.05) is 25.8 Å². The van der Waals surface area contributed by atoms with Gasteiger partial charge in [0, 0.05) is 10.5 Å². The Hall–Kier alpha value is -0.500. The highest BCUT2D eigenvalue weighted by Gasteiger charge is 2.17. The second kappa shape index (κ2) is 6.10. The maximum absolute atomic E-state index is 3.76. The molecule has 0 amide bonds. The van der Waals surface area contributed by atoms with Crippen molar-refractivity contribution in [3.63, 3.8) is 0 Å². The van der Waals surface area contributed by atoms with Crippen LogP contribution in [0.25, 0.3) is 0 Å². The predicted octanol–water partition coefficient (Wildman–Crippen LogP) is 5.45. The van der Waals surface area contributed by atoms with Gasteiger partial charge in [-0.25, -0.2) is 0 Å². The number of hydrogen-bond acceptors (Lipinski definition) is 1. The van der Waals surface area contributed by atoms with E-state index in [2.05, 4.69) is 54.2 Å². The largest absolute Gasteiger partial charge is 0.381 e. The quantitative estimate of drug-likeness (QED) is 0.717. The molecule has 18 heavy (non-hydrogen) atoms. The van der Waals surface area contributed by atoms with Crippen LogP contribution in [0.2, 0.25) is 0 Å². The molecule has 0 aromatic heterocycles. The summed E-state index contributed by atoms with van der Waals surface area (Å²) in [6.07, 6.45) is 6.73. The van der Waals surface area contributed by atoms with E-state index in [-0.39, 0.29) is 0 Å². The summed E-state index contributed by atoms with van der Waals surface area (Å²) in [5, 5.41) is 3.76. The van der Waals surface area contributed by atoms with Gasteiger partial charge in [-0.2, -0.15) is 0 Å². The van der Waals surface area contributed by atoms with E-state index in [1.807, 2.05) is 0 Å². The number of hydrogen-bond donors (Lipinski definition) is 1. The molecule has 0 radical (unpaired) electrons. The summed E-state index contributed by atoms with van der Waals surface area (Å²) in [4.78, 5) is 0. The first-order valence-corrected chi connectivity index (χ1v) is 7.89. The minimum Gasteiger partial charge on any atom is -0.381 e. The molecule has 1 aromatic carbocycles. The van der Waals surface area contributed by atoms with Crippen LogP contribution in [-0.2, 0) is 0 Å². The lowest BCUT2D eigenvalue weighted by molar-refractivity contribution is 0.502. The molecule has 2 rings (SSSR count). The minimum atomic E-state index is 0.646. The monoisotopic (exact) mass is 309 g/mol. The Bertz CT molecular complexity index is 391. The van der Waals surface area contributed by atoms with Gasteiger partial charge in [0.2, 0.25) is 0 Å². The summed E-state index contributed by atoms with van der Waals surface area (Å²) in [6, 6.07) is 5.11. The van der Waals surface area contributed by atoms with Gasteiger partial charge in [0.1, 0.15) is 0 Å². The molecule has 1 aromatic rings. The van der Waals surface area contributed by atoms with Crippen LogP contribution in [-0.4, -0.2) is 6.04 Å². The van der Waals surface area contributed by atoms with Gasteiger partial charge in [-0.05, 0) is 72.2 Å². The Morgan fingerprint density at radius 1 is 1.11 bits per heavy atom. The van der Waals surface area contributed by atoms with E-state index in [9.17, 15) is 0 Å². The summed E-state index contributed by atoms with van der Waals surface area (Å²) < 4.78 is 1.21. The zero-order chi connectivity index (χ0) is 13.1. The third-order valence-corrected chi connectivity index (χ3v) is 4.66. The molecule has 1 nitrogen and oxygen atoms in total. The molecular formula is C16H24BrN. The van der Waals surface area contributed by atoms with Crippen molar-refractivity contribution in [2.45, 2.75) is 58.9 Å². The Balaban J connectivity index is 2.09. The fraction of sp³-hybridized carbons (Fsp3) is 0.625. The fourth-order valence-corrected chi connectivity index (χ4v) is 3.72. The summed E-state index contributed by atoms with van der Waals surface area (Å²) in [7, 11) is 0. The molecule has 0 aliphatic heterocycles. The lowest BCUT2D eigenvalue weighted by Gasteiger charge is -2.21. The second-order valence-electron chi connectivity index (χ2n) is 5.89. The second-order valence-corrected chi connectivity index (χ2v) is 6.75. The highest BCUT2D eigenvalue weighted by atomic mass is 79.9. The molecule has 2 heteroatoms. The molecule has 0 spiro atoms. The molecule has 0 bridgehead atoms. The van der Waals surface area contributed by atoms with Gasteiger partial charge in [-0.3, -0.25) is 0 Å². The Morgan fingerprint density at radius 2 is 1.89 bits per heavy atom. The third kappa shape index (κ3) is 3.50. The molecule has 100 valence electrons. The zero-order valence-corrected chi connectivity index (χ0v) is 13.3. The van der Waals surface area contributed by atoms with E-state index >= 15 is 0 Å². The van der Waals surface area contributed by atoms with E-state index in [1.165, 1.54) is 53.4 Å². The smallest absolute Gasteiger partial charge is 0.0516 e. The first kappa shape index (κ1) is 13.9. The molecule has 1 N–H and O–H groups in total. The Morgan fingerprint density at radius 3 is 2.61 bits per heavy atom. The fourth-order valence-electron chi connectivity index (χ4n) is 2.93. The van der Waals surface area contributed by atoms with Crippen LogP contribution >= 0.6 is 15.9 Å². The van der Waals surface area contributed by atoms with Crippen molar-refractivity contribution >= 4 is 21.6 Å². The molecule has 0 heterocycles. The van der Waals surface area contributed by atoms with Crippen LogP contribution in [0.1, 0.15) is 50.2 Å². The van der Waals surface area contributed by atoms with Crippen molar-refractivity contribution in [1.29, 1.82) is 0 Å². The van der Waals surface area contributed by atoms with Gasteiger partial charge in [-0.15, -0.1) is 0 Å². The average molecular weight is 310 g/mol. The Kier molecular flexibility index (Phi) is 4.71. The third-order valence-electron chi connectivity index (χ3n) is 4.04. The molecular weight excluding hydrogens is 286 g/mol. The lowest BCUT2D eigenvalue weighted by atomic mass is 10.0. The molecule has 1 aliphatic rings. The number of anilines is 1. The number of nitrogens with one attached hydrogen (secondary N) is 1. The van der Waals surface area contributed by atoms with E-state index < -0.39 is 0 Å². The number of rotatable bonds is 2. The van der Waals surface area contributed by atoms with Crippen molar-refractivity contribution in [3.05, 3.63) is 27.7 Å². The molecule has 2 unspecified atom stereocenters. The van der Waals surface area contributed by atoms with Crippen molar-refractivity contribution < 1.29 is 0 Å². The van der Waals surface area contributed by atoms with Crippen molar-refractivity contribution in [1.82, 2.24) is 0 Å². The average Bonchev–Trinajstić information content (AvgIpc) is 2.48. The van der Waals surface area contributed by atoms with Gasteiger partial charge in [0.15, 0.2) is 0 Å². The van der Waals surface area contributed by atoms with E-state index in [4.69, 9.17) is 0 Å². The highest BCUT2D eigenvalue weighted by Crippen LogP contribution is 2.31. The maximum Gasteiger partial charge on any atom is 0.0516 e. The molecule has 2 atom stereocenters. The number of benzene rings is 1. The normalized spacial score (nSPS) is 24.7. The zero-order valence-electron chi connectivity index (χ0n) is 11.7. The van der Waals surface area contributed by atoms with Crippen LogP contribution in [0.3, 0.4) is 0 Å². The number of aryl methyl sites for hydroxylation is 2. The van der Waals surface area contributed by atoms with E-state index in [1.54, 1.807) is 0 Å². The molecule has 1 aliphatic carbocycles. The van der Waals surface area contributed by atoms with Crippen LogP contribution < -0.4 is 5.32 Å². The van der Waals surface area contributed by atoms with Gasteiger partial charge in [0.25, 0.3) is 0 Å². The predicted molar refractivity (Wildman–Crippen MR) is 83.3 cm³/mol. The molecule has 1 fully saturated rings. The first-order valence-electron chi connectivity index (χ1n) is 7.09. The summed E-state index contributed by atoms with van der Waals surface area (Å²) >= 11 is 3.69. The van der Waals surface area contributed by atoms with Crippen LogP contribution in [0.15, 0.2) is 16.6 Å². The number of halogens is 1.